The minimum Gasteiger partial charge on any atom is -0.494 e. The third kappa shape index (κ3) is 5.80. The zero-order chi connectivity index (χ0) is 22.4. The Kier molecular flexibility index (Phi) is 7.59. The van der Waals surface area contributed by atoms with E-state index in [-0.39, 0.29) is 11.4 Å². The van der Waals surface area contributed by atoms with Crippen LogP contribution in [0.1, 0.15) is 19.4 Å². The van der Waals surface area contributed by atoms with Crippen LogP contribution in [-0.4, -0.2) is 41.7 Å². The summed E-state index contributed by atoms with van der Waals surface area (Å²) < 4.78 is 10.9. The molecule has 1 fully saturated rings. The van der Waals surface area contributed by atoms with Crippen molar-refractivity contribution in [1.29, 1.82) is 0 Å². The van der Waals surface area contributed by atoms with Crippen molar-refractivity contribution in [2.75, 3.05) is 25.1 Å². The zero-order valence-electron chi connectivity index (χ0n) is 17.0. The van der Waals surface area contributed by atoms with Gasteiger partial charge in [0.05, 0.1) is 18.1 Å². The number of benzene rings is 2. The van der Waals surface area contributed by atoms with Crippen LogP contribution in [0, 0.1) is 0 Å². The Morgan fingerprint density at radius 3 is 2.48 bits per heavy atom. The highest BCUT2D eigenvalue weighted by Crippen LogP contribution is 2.34. The Hall–Kier alpha value is -2.97. The molecule has 2 aromatic carbocycles. The average molecular weight is 461 g/mol. The van der Waals surface area contributed by atoms with E-state index in [9.17, 15) is 14.4 Å². The van der Waals surface area contributed by atoms with E-state index < -0.39 is 17.1 Å². The molecule has 3 rings (SSSR count). The number of halogens is 1. The summed E-state index contributed by atoms with van der Waals surface area (Å²) >= 11 is 6.82. The van der Waals surface area contributed by atoms with Gasteiger partial charge in [0.1, 0.15) is 18.0 Å². The molecule has 31 heavy (non-hydrogen) atoms. The first-order valence-corrected chi connectivity index (χ1v) is 10.8. The minimum absolute atomic E-state index is 0.196. The van der Waals surface area contributed by atoms with E-state index in [4.69, 9.17) is 21.1 Å². The van der Waals surface area contributed by atoms with Gasteiger partial charge in [-0.25, -0.2) is 0 Å². The molecule has 162 valence electrons. The van der Waals surface area contributed by atoms with Gasteiger partial charge in [0.2, 0.25) is 5.91 Å². The number of amides is 3. The maximum atomic E-state index is 12.7. The number of carbonyl (C=O) groups is 3. The summed E-state index contributed by atoms with van der Waals surface area (Å²) in [7, 11) is 0. The summed E-state index contributed by atoms with van der Waals surface area (Å²) in [4.78, 5) is 38.5. The molecule has 0 aliphatic carbocycles. The number of carbonyl (C=O) groups excluding carboxylic acids is 3. The summed E-state index contributed by atoms with van der Waals surface area (Å²) in [6.07, 6.45) is 1.55. The Morgan fingerprint density at radius 1 is 1.10 bits per heavy atom. The summed E-state index contributed by atoms with van der Waals surface area (Å²) in [6, 6.07) is 11.9. The minimum atomic E-state index is -0.542. The van der Waals surface area contributed by atoms with E-state index in [0.29, 0.717) is 41.0 Å². The highest BCUT2D eigenvalue weighted by molar-refractivity contribution is 8.18. The van der Waals surface area contributed by atoms with Crippen molar-refractivity contribution in [1.82, 2.24) is 4.90 Å². The first kappa shape index (κ1) is 22.7. The van der Waals surface area contributed by atoms with Gasteiger partial charge in [0, 0.05) is 16.3 Å². The fraction of sp³-hybridized carbons (Fsp3) is 0.227. The van der Waals surface area contributed by atoms with Crippen LogP contribution in [-0.2, 0) is 9.59 Å². The van der Waals surface area contributed by atoms with Gasteiger partial charge in [-0.1, -0.05) is 11.6 Å². The van der Waals surface area contributed by atoms with Gasteiger partial charge in [0.25, 0.3) is 11.1 Å². The highest BCUT2D eigenvalue weighted by Gasteiger charge is 2.36. The molecule has 0 atom stereocenters. The van der Waals surface area contributed by atoms with E-state index in [2.05, 4.69) is 5.32 Å². The summed E-state index contributed by atoms with van der Waals surface area (Å²) in [5, 5.41) is 2.63. The van der Waals surface area contributed by atoms with Crippen LogP contribution in [0.3, 0.4) is 0 Å². The number of ether oxygens (including phenoxy) is 2. The largest absolute Gasteiger partial charge is 0.494 e. The van der Waals surface area contributed by atoms with Crippen molar-refractivity contribution in [3.05, 3.63) is 58.0 Å². The van der Waals surface area contributed by atoms with Crippen molar-refractivity contribution >= 4 is 52.2 Å². The lowest BCUT2D eigenvalue weighted by Gasteiger charge is -2.13. The molecule has 9 heteroatoms. The molecular formula is C22H21ClN2O5S. The summed E-state index contributed by atoms with van der Waals surface area (Å²) in [5.74, 6) is 0.209. The lowest BCUT2D eigenvalue weighted by atomic mass is 10.2. The highest BCUT2D eigenvalue weighted by atomic mass is 35.5. The number of hydrogen-bond acceptors (Lipinski definition) is 6. The monoisotopic (exact) mass is 460 g/mol. The first-order chi connectivity index (χ1) is 14.9. The third-order valence-corrected chi connectivity index (χ3v) is 5.33. The standard InChI is InChI=1S/C22H21ClN2O5S/c1-3-29-17-8-6-16(7-9-17)24-20(26)13-25-21(27)19(31-22(25)28)12-14-11-15(23)5-10-18(14)30-4-2/h5-12H,3-4,13H2,1-2H3,(H,24,26)/b19-12-. The zero-order valence-corrected chi connectivity index (χ0v) is 18.6. The second-order valence-electron chi connectivity index (χ2n) is 6.39. The van der Waals surface area contributed by atoms with Crippen LogP contribution in [0.5, 0.6) is 11.5 Å². The molecule has 0 radical (unpaired) electrons. The Labute approximate surface area is 189 Å². The van der Waals surface area contributed by atoms with Gasteiger partial charge < -0.3 is 14.8 Å². The smallest absolute Gasteiger partial charge is 0.294 e. The average Bonchev–Trinajstić information content (AvgIpc) is 2.99. The van der Waals surface area contributed by atoms with E-state index in [1.54, 1.807) is 48.5 Å². The number of hydrogen-bond donors (Lipinski definition) is 1. The number of rotatable bonds is 8. The topological polar surface area (TPSA) is 84.9 Å². The molecule has 0 saturated carbocycles. The molecule has 3 amide bonds. The summed E-state index contributed by atoms with van der Waals surface area (Å²) in [5.41, 5.74) is 1.12. The van der Waals surface area contributed by atoms with E-state index >= 15 is 0 Å². The molecule has 1 N–H and O–H groups in total. The Bertz CT molecular complexity index is 1020. The molecule has 7 nitrogen and oxygen atoms in total. The van der Waals surface area contributed by atoms with Gasteiger partial charge in [-0.2, -0.15) is 0 Å². The fourth-order valence-electron chi connectivity index (χ4n) is 2.84. The van der Waals surface area contributed by atoms with Crippen LogP contribution < -0.4 is 14.8 Å². The second-order valence-corrected chi connectivity index (χ2v) is 7.82. The molecule has 1 heterocycles. The van der Waals surface area contributed by atoms with E-state index in [0.717, 1.165) is 16.7 Å². The van der Waals surface area contributed by atoms with E-state index in [1.165, 1.54) is 0 Å². The predicted molar refractivity (Wildman–Crippen MR) is 122 cm³/mol. The molecule has 0 bridgehead atoms. The molecule has 0 aromatic heterocycles. The third-order valence-electron chi connectivity index (χ3n) is 4.18. The van der Waals surface area contributed by atoms with Crippen molar-refractivity contribution in [3.8, 4) is 11.5 Å². The maximum Gasteiger partial charge on any atom is 0.294 e. The molecule has 0 unspecified atom stereocenters. The molecule has 1 aliphatic heterocycles. The van der Waals surface area contributed by atoms with Crippen molar-refractivity contribution in [2.45, 2.75) is 13.8 Å². The number of imide groups is 1. The van der Waals surface area contributed by atoms with Crippen LogP contribution in [0.25, 0.3) is 6.08 Å². The van der Waals surface area contributed by atoms with Crippen molar-refractivity contribution in [2.24, 2.45) is 0 Å². The lowest BCUT2D eigenvalue weighted by molar-refractivity contribution is -0.127. The summed E-state index contributed by atoms with van der Waals surface area (Å²) in [6.45, 7) is 4.32. The molecule has 0 spiro atoms. The van der Waals surface area contributed by atoms with Gasteiger partial charge in [0.15, 0.2) is 0 Å². The van der Waals surface area contributed by atoms with Crippen LogP contribution in [0.2, 0.25) is 5.02 Å². The second kappa shape index (κ2) is 10.4. The molecule has 1 saturated heterocycles. The fourth-order valence-corrected chi connectivity index (χ4v) is 3.85. The number of nitrogens with one attached hydrogen (secondary N) is 1. The number of nitrogens with zero attached hydrogens (tertiary/aromatic N) is 1. The molecule has 2 aromatic rings. The van der Waals surface area contributed by atoms with E-state index in [1.807, 2.05) is 13.8 Å². The maximum absolute atomic E-state index is 12.7. The quantitative estimate of drug-likeness (QED) is 0.569. The predicted octanol–water partition coefficient (Wildman–Crippen LogP) is 4.81. The lowest BCUT2D eigenvalue weighted by Crippen LogP contribution is -2.36. The normalized spacial score (nSPS) is 14.8. The SMILES string of the molecule is CCOc1ccc(NC(=O)CN2C(=O)S/C(=C\c3cc(Cl)ccc3OCC)C2=O)cc1. The Balaban J connectivity index is 1.69. The van der Waals surface area contributed by atoms with Crippen molar-refractivity contribution in [3.63, 3.8) is 0 Å². The molecular weight excluding hydrogens is 440 g/mol. The van der Waals surface area contributed by atoms with Gasteiger partial charge >= 0.3 is 0 Å². The van der Waals surface area contributed by atoms with Crippen LogP contribution in [0.4, 0.5) is 10.5 Å². The van der Waals surface area contributed by atoms with Crippen LogP contribution in [0.15, 0.2) is 47.4 Å². The number of thioether (sulfide) groups is 1. The van der Waals surface area contributed by atoms with Crippen LogP contribution >= 0.6 is 23.4 Å². The first-order valence-electron chi connectivity index (χ1n) is 9.61. The molecule has 1 aliphatic rings. The van der Waals surface area contributed by atoms with Gasteiger partial charge in [-0.05, 0) is 74.1 Å². The number of anilines is 1. The van der Waals surface area contributed by atoms with Gasteiger partial charge in [-0.15, -0.1) is 0 Å². The van der Waals surface area contributed by atoms with Crippen molar-refractivity contribution < 1.29 is 23.9 Å². The van der Waals surface area contributed by atoms with Gasteiger partial charge in [-0.3, -0.25) is 19.3 Å². The Morgan fingerprint density at radius 2 is 1.81 bits per heavy atom.